The third-order valence-corrected chi connectivity index (χ3v) is 7.33. The smallest absolute Gasteiger partial charge is 0.270 e. The lowest BCUT2D eigenvalue weighted by atomic mass is 9.98. The van der Waals surface area contributed by atoms with Crippen LogP contribution < -0.4 is 5.32 Å². The van der Waals surface area contributed by atoms with Crippen LogP contribution in [0.1, 0.15) is 24.8 Å². The molecule has 0 radical (unpaired) electrons. The van der Waals surface area contributed by atoms with Gasteiger partial charge in [-0.3, -0.25) is 14.5 Å². The Balaban J connectivity index is 1.32. The van der Waals surface area contributed by atoms with Gasteiger partial charge in [0.15, 0.2) is 0 Å². The van der Waals surface area contributed by atoms with Crippen molar-refractivity contribution in [3.8, 4) is 11.1 Å². The van der Waals surface area contributed by atoms with Crippen molar-refractivity contribution in [2.75, 3.05) is 32.7 Å². The fourth-order valence-corrected chi connectivity index (χ4v) is 5.41. The topological polar surface area (TPSA) is 55.9 Å². The van der Waals surface area contributed by atoms with Crippen molar-refractivity contribution in [2.24, 2.45) is 0 Å². The van der Waals surface area contributed by atoms with E-state index in [4.69, 9.17) is 0 Å². The number of rotatable bonds is 5. The summed E-state index contributed by atoms with van der Waals surface area (Å²) in [5.41, 5.74) is 3.43. The summed E-state index contributed by atoms with van der Waals surface area (Å²) in [6.07, 6.45) is 6.75. The Bertz CT molecular complexity index is 1200. The van der Waals surface area contributed by atoms with Gasteiger partial charge in [0.2, 0.25) is 5.91 Å². The molecule has 0 aliphatic carbocycles. The molecule has 2 unspecified atom stereocenters. The Labute approximate surface area is 216 Å². The number of likely N-dealkylation sites (tertiary alicyclic amines) is 1. The summed E-state index contributed by atoms with van der Waals surface area (Å²) in [6, 6.07) is 14.0. The Morgan fingerprint density at radius 2 is 1.86 bits per heavy atom. The van der Waals surface area contributed by atoms with Crippen molar-refractivity contribution in [3.63, 3.8) is 0 Å². The molecule has 3 heterocycles. The number of benzene rings is 2. The number of alkyl halides is 1. The quantitative estimate of drug-likeness (QED) is 0.669. The average molecular weight is 507 g/mol. The van der Waals surface area contributed by atoms with Gasteiger partial charge in [0, 0.05) is 38.4 Å². The molecule has 2 aromatic carbocycles. The van der Waals surface area contributed by atoms with Crippen molar-refractivity contribution in [2.45, 2.75) is 38.0 Å². The number of piperidine rings is 1. The highest BCUT2D eigenvalue weighted by atomic mass is 19.1. The van der Waals surface area contributed by atoms with E-state index in [1.165, 1.54) is 12.1 Å². The molecule has 2 saturated heterocycles. The van der Waals surface area contributed by atoms with Gasteiger partial charge >= 0.3 is 0 Å². The maximum Gasteiger partial charge on any atom is 0.270 e. The van der Waals surface area contributed by atoms with E-state index in [2.05, 4.69) is 5.32 Å². The zero-order valence-electron chi connectivity index (χ0n) is 20.8. The molecule has 6 nitrogen and oxygen atoms in total. The molecule has 37 heavy (non-hydrogen) atoms. The number of nitrogens with one attached hydrogen (secondary N) is 1. The highest BCUT2D eigenvalue weighted by Crippen LogP contribution is 2.29. The maximum absolute atomic E-state index is 15.3. The van der Waals surface area contributed by atoms with E-state index in [1.807, 2.05) is 52.4 Å². The molecule has 3 aliphatic heterocycles. The van der Waals surface area contributed by atoms with Gasteiger partial charge < -0.3 is 15.1 Å². The van der Waals surface area contributed by atoms with Crippen LogP contribution in [-0.4, -0.2) is 71.5 Å². The van der Waals surface area contributed by atoms with Crippen molar-refractivity contribution in [1.29, 1.82) is 0 Å². The molecule has 0 saturated carbocycles. The average Bonchev–Trinajstić information content (AvgIpc) is 3.14. The van der Waals surface area contributed by atoms with Crippen LogP contribution in [0.25, 0.3) is 11.1 Å². The van der Waals surface area contributed by atoms with Crippen LogP contribution >= 0.6 is 0 Å². The number of amides is 2. The molecule has 2 aromatic rings. The zero-order chi connectivity index (χ0) is 25.8. The van der Waals surface area contributed by atoms with Gasteiger partial charge in [-0.05, 0) is 48.1 Å². The van der Waals surface area contributed by atoms with Crippen LogP contribution in [-0.2, 0) is 16.1 Å². The Hall–Kier alpha value is -3.52. The highest BCUT2D eigenvalue weighted by Gasteiger charge is 2.38. The summed E-state index contributed by atoms with van der Waals surface area (Å²) in [5, 5.41) is 2.78. The number of hydrogen-bond donors (Lipinski definition) is 1. The van der Waals surface area contributed by atoms with Crippen molar-refractivity contribution < 1.29 is 18.4 Å². The van der Waals surface area contributed by atoms with Gasteiger partial charge in [-0.15, -0.1) is 0 Å². The second-order valence-corrected chi connectivity index (χ2v) is 9.79. The second-order valence-electron chi connectivity index (χ2n) is 9.79. The van der Waals surface area contributed by atoms with E-state index in [-0.39, 0.29) is 36.8 Å². The Morgan fingerprint density at radius 1 is 1.05 bits per heavy atom. The molecule has 3 aliphatic rings. The molecular formula is C29H32F2N4O2. The molecule has 0 aromatic heterocycles. The van der Waals surface area contributed by atoms with Gasteiger partial charge in [-0.2, -0.15) is 0 Å². The molecule has 5 rings (SSSR count). The van der Waals surface area contributed by atoms with E-state index >= 15 is 4.39 Å². The molecule has 0 spiro atoms. The van der Waals surface area contributed by atoms with E-state index < -0.39 is 6.17 Å². The Morgan fingerprint density at radius 3 is 2.65 bits per heavy atom. The first-order chi connectivity index (χ1) is 18.0. The predicted molar refractivity (Wildman–Crippen MR) is 138 cm³/mol. The molecule has 2 fully saturated rings. The van der Waals surface area contributed by atoms with Gasteiger partial charge in [0.25, 0.3) is 5.91 Å². The van der Waals surface area contributed by atoms with E-state index in [1.54, 1.807) is 17.0 Å². The summed E-state index contributed by atoms with van der Waals surface area (Å²) in [7, 11) is 0. The molecular weight excluding hydrogens is 474 g/mol. The van der Waals surface area contributed by atoms with Crippen LogP contribution in [0.15, 0.2) is 72.6 Å². The standard InChI is InChI=1S/C29H32F2N4O2/c30-23-11-9-21(10-12-23)24-7-4-3-6-22(24)18-33-15-5-1-2-8-27(33)29(37)35-16-13-26(25(31)19-35)34-17-14-32-28(36)20-34/h3-12,15,25-26H,1-2,13-14,16-20H2,(H,32,36). The molecule has 194 valence electrons. The van der Waals surface area contributed by atoms with E-state index in [0.29, 0.717) is 38.3 Å². The third-order valence-electron chi connectivity index (χ3n) is 7.33. The summed E-state index contributed by atoms with van der Waals surface area (Å²) in [5.74, 6) is -0.543. The van der Waals surface area contributed by atoms with Gasteiger partial charge in [-0.25, -0.2) is 8.78 Å². The molecule has 1 N–H and O–H groups in total. The number of carbonyl (C=O) groups excluding carboxylic acids is 2. The number of allylic oxidation sites excluding steroid dienone is 2. The zero-order valence-corrected chi connectivity index (χ0v) is 20.8. The van der Waals surface area contributed by atoms with Crippen molar-refractivity contribution in [3.05, 3.63) is 84.0 Å². The van der Waals surface area contributed by atoms with Crippen LogP contribution in [0.3, 0.4) is 0 Å². The van der Waals surface area contributed by atoms with Gasteiger partial charge in [-0.1, -0.05) is 48.6 Å². The summed E-state index contributed by atoms with van der Waals surface area (Å²) >= 11 is 0. The fraction of sp³-hybridized carbons (Fsp3) is 0.379. The molecule has 8 heteroatoms. The largest absolute Gasteiger partial charge is 0.354 e. The van der Waals surface area contributed by atoms with Gasteiger partial charge in [0.1, 0.15) is 17.7 Å². The second kappa shape index (κ2) is 11.3. The first-order valence-corrected chi connectivity index (χ1v) is 12.9. The Kier molecular flexibility index (Phi) is 7.65. The normalized spacial score (nSPS) is 22.9. The lowest BCUT2D eigenvalue weighted by Crippen LogP contribution is -2.59. The van der Waals surface area contributed by atoms with Crippen LogP contribution in [0.2, 0.25) is 0 Å². The minimum absolute atomic E-state index is 0.0165. The number of nitrogens with zero attached hydrogens (tertiary/aromatic N) is 3. The predicted octanol–water partition coefficient (Wildman–Crippen LogP) is 3.86. The van der Waals surface area contributed by atoms with Crippen LogP contribution in [0, 0.1) is 5.82 Å². The monoisotopic (exact) mass is 506 g/mol. The number of carbonyl (C=O) groups is 2. The van der Waals surface area contributed by atoms with Crippen LogP contribution in [0.5, 0.6) is 0 Å². The van der Waals surface area contributed by atoms with E-state index in [0.717, 1.165) is 29.5 Å². The minimum atomic E-state index is -1.21. The molecule has 0 bridgehead atoms. The lowest BCUT2D eigenvalue weighted by Gasteiger charge is -2.42. The first-order valence-electron chi connectivity index (χ1n) is 12.9. The summed E-state index contributed by atoms with van der Waals surface area (Å²) in [4.78, 5) is 30.9. The fourth-order valence-electron chi connectivity index (χ4n) is 5.41. The molecule has 2 amide bonds. The molecule has 2 atom stereocenters. The number of halogens is 2. The van der Waals surface area contributed by atoms with Gasteiger partial charge in [0.05, 0.1) is 13.1 Å². The van der Waals surface area contributed by atoms with Crippen molar-refractivity contribution >= 4 is 11.8 Å². The number of hydrogen-bond acceptors (Lipinski definition) is 4. The summed E-state index contributed by atoms with van der Waals surface area (Å²) in [6.45, 7) is 2.28. The van der Waals surface area contributed by atoms with Crippen LogP contribution in [0.4, 0.5) is 8.78 Å². The summed E-state index contributed by atoms with van der Waals surface area (Å²) < 4.78 is 28.8. The maximum atomic E-state index is 15.3. The first kappa shape index (κ1) is 25.1. The van der Waals surface area contributed by atoms with E-state index in [9.17, 15) is 14.0 Å². The lowest BCUT2D eigenvalue weighted by molar-refractivity contribution is -0.134. The number of piperazine rings is 1. The SMILES string of the molecule is O=C1CN(C2CCN(C(=O)C3=CCCC=CN3Cc3ccccc3-c3ccc(F)cc3)CC2F)CCN1. The highest BCUT2D eigenvalue weighted by molar-refractivity contribution is 5.93. The third kappa shape index (κ3) is 5.74. The minimum Gasteiger partial charge on any atom is -0.354 e. The van der Waals surface area contributed by atoms with Crippen molar-refractivity contribution in [1.82, 2.24) is 20.0 Å².